The van der Waals surface area contributed by atoms with Gasteiger partial charge in [-0.15, -0.1) is 0 Å². The second-order valence-corrected chi connectivity index (χ2v) is 21.5. The van der Waals surface area contributed by atoms with Crippen LogP contribution in [-0.4, -0.2) is 87.8 Å². The first-order chi connectivity index (χ1) is 31.7. The van der Waals surface area contributed by atoms with Crippen molar-refractivity contribution in [2.75, 3.05) is 25.1 Å². The molecule has 0 saturated carbocycles. The normalized spacial score (nSPS) is 15.1. The van der Waals surface area contributed by atoms with Crippen molar-refractivity contribution in [2.45, 2.75) is 132 Å². The van der Waals surface area contributed by atoms with Gasteiger partial charge in [0.05, 0.1) is 18.9 Å². The smallest absolute Gasteiger partial charge is 0.460 e. The molecule has 7 nitrogen and oxygen atoms in total. The van der Waals surface area contributed by atoms with Crippen LogP contribution in [0.3, 0.4) is 0 Å². The molecule has 0 saturated heterocycles. The van der Waals surface area contributed by atoms with Gasteiger partial charge in [-0.25, -0.2) is 18.4 Å². The molecule has 0 aliphatic heterocycles. The third-order valence-corrected chi connectivity index (χ3v) is 16.6. The third-order valence-electron chi connectivity index (χ3n) is 10.9. The molecule has 1 N–H and O–H groups in total. The largest absolute Gasteiger partial charge is 0.491 e. The number of ether oxygens (including phenoxy) is 3. The lowest BCUT2D eigenvalue weighted by atomic mass is 9.88. The minimum atomic E-state index is -8.72. The molecule has 0 bridgehead atoms. The van der Waals surface area contributed by atoms with Crippen molar-refractivity contribution in [1.82, 2.24) is 0 Å². The number of rotatable bonds is 25. The highest BCUT2D eigenvalue weighted by Crippen LogP contribution is 2.64. The molecule has 0 fully saturated rings. The Morgan fingerprint density at radius 3 is 1.70 bits per heavy atom. The molecule has 398 valence electrons. The summed E-state index contributed by atoms with van der Waals surface area (Å²) in [5, 5.41) is 2.16. The van der Waals surface area contributed by atoms with Gasteiger partial charge in [-0.05, 0) is 72.8 Å². The van der Waals surface area contributed by atoms with Crippen molar-refractivity contribution < 1.29 is 112 Å². The Balaban J connectivity index is 2.33. The maximum absolute atomic E-state index is 15.0. The van der Waals surface area contributed by atoms with E-state index in [1.807, 2.05) is 0 Å². The molecule has 2 aromatic carbocycles. The molecule has 1 amide bonds. The summed E-state index contributed by atoms with van der Waals surface area (Å²) >= 11 is 0. The molecule has 0 unspecified atom stereocenters. The molecule has 2 atom stereocenters. The number of benzene rings is 2. The van der Waals surface area contributed by atoms with Gasteiger partial charge >= 0.3 is 59.7 Å². The molecule has 0 radical (unpaired) electrons. The van der Waals surface area contributed by atoms with Crippen molar-refractivity contribution in [3.8, 4) is 5.75 Å². The van der Waals surface area contributed by atoms with Crippen LogP contribution in [0.4, 0.5) is 93.9 Å². The van der Waals surface area contributed by atoms with Gasteiger partial charge in [0.1, 0.15) is 30.1 Å². The first-order valence-corrected chi connectivity index (χ1v) is 23.0. The second-order valence-electron chi connectivity index (χ2n) is 16.5. The fraction of sp³-hybridized carbons (Fsp3) is 0.581. The van der Waals surface area contributed by atoms with Crippen molar-refractivity contribution in [2.24, 2.45) is 5.92 Å². The summed E-state index contributed by atoms with van der Waals surface area (Å²) in [5.41, 5.74) is -1.43. The van der Waals surface area contributed by atoms with E-state index in [4.69, 9.17) is 18.6 Å². The topological polar surface area (TPSA) is 83.1 Å². The number of carbonyl (C=O) groups is 2. The molecular formula is C43H48F19NO6Si. The second kappa shape index (κ2) is 22.8. The molecule has 0 aromatic heterocycles. The Bertz CT molecular complexity index is 2120. The highest BCUT2D eigenvalue weighted by Gasteiger charge is 2.95. The Morgan fingerprint density at radius 1 is 0.700 bits per heavy atom. The summed E-state index contributed by atoms with van der Waals surface area (Å²) in [6.07, 6.45) is -8.00. The molecule has 0 aliphatic rings. The number of anilines is 1. The van der Waals surface area contributed by atoms with Gasteiger partial charge in [0.25, 0.3) is 0 Å². The number of esters is 1. The number of hydrogen-bond acceptors (Lipinski definition) is 6. The average Bonchev–Trinajstić information content (AvgIpc) is 3.22. The van der Waals surface area contributed by atoms with E-state index in [2.05, 4.69) is 5.32 Å². The molecular weight excluding hydrogens is 1020 g/mol. The number of nitrogens with one attached hydrogen (secondary N) is 1. The van der Waals surface area contributed by atoms with E-state index in [0.29, 0.717) is 17.2 Å². The monoisotopic (exact) mass is 1060 g/mol. The minimum absolute atomic E-state index is 0.0577. The van der Waals surface area contributed by atoms with Gasteiger partial charge in [0, 0.05) is 24.5 Å². The van der Waals surface area contributed by atoms with E-state index in [0.717, 1.165) is 12.1 Å². The highest BCUT2D eigenvalue weighted by atomic mass is 28.4. The number of hydrogen-bond donors (Lipinski definition) is 1. The quantitative estimate of drug-likeness (QED) is 0.0266. The van der Waals surface area contributed by atoms with Crippen LogP contribution in [0.5, 0.6) is 5.75 Å². The fourth-order valence-electron chi connectivity index (χ4n) is 6.87. The van der Waals surface area contributed by atoms with E-state index in [1.165, 1.54) is 58.0 Å². The van der Waals surface area contributed by atoms with E-state index in [9.17, 15) is 84.2 Å². The molecule has 2 rings (SSSR count). The summed E-state index contributed by atoms with van der Waals surface area (Å²) in [7, 11) is -4.06. The maximum Gasteiger partial charge on any atom is 0.460 e. The van der Waals surface area contributed by atoms with Crippen molar-refractivity contribution >= 4 is 26.1 Å². The summed E-state index contributed by atoms with van der Waals surface area (Å²) < 4.78 is 286. The number of alkyl halides is 17. The fourth-order valence-corrected chi connectivity index (χ4v) is 11.3. The zero-order chi connectivity index (χ0) is 54.3. The predicted octanol–water partition coefficient (Wildman–Crippen LogP) is 14.9. The van der Waals surface area contributed by atoms with Gasteiger partial charge in [-0.2, -0.15) is 74.6 Å². The van der Waals surface area contributed by atoms with Crippen molar-refractivity contribution in [1.29, 1.82) is 0 Å². The van der Waals surface area contributed by atoms with Gasteiger partial charge in [-0.3, -0.25) is 5.32 Å². The van der Waals surface area contributed by atoms with Gasteiger partial charge in [0.2, 0.25) is 0 Å². The van der Waals surface area contributed by atoms with Crippen LogP contribution < -0.4 is 10.1 Å². The summed E-state index contributed by atoms with van der Waals surface area (Å²) in [6, 6.07) is 6.49. The first kappa shape index (κ1) is 61.4. The van der Waals surface area contributed by atoms with Crippen LogP contribution in [-0.2, 0) is 18.7 Å². The average molecular weight is 1060 g/mol. The van der Waals surface area contributed by atoms with E-state index >= 15 is 8.78 Å². The molecule has 0 spiro atoms. The summed E-state index contributed by atoms with van der Waals surface area (Å²) in [6.45, 7) is 9.16. The van der Waals surface area contributed by atoms with Crippen LogP contribution >= 0.6 is 0 Å². The van der Waals surface area contributed by atoms with Crippen LogP contribution in [0, 0.1) is 17.6 Å². The maximum atomic E-state index is 15.0. The predicted molar refractivity (Wildman–Crippen MR) is 216 cm³/mol. The zero-order valence-electron chi connectivity index (χ0n) is 38.0. The van der Waals surface area contributed by atoms with E-state index < -0.39 is 134 Å². The lowest BCUT2D eigenvalue weighted by Gasteiger charge is -2.44. The molecule has 0 aliphatic carbocycles. The van der Waals surface area contributed by atoms with Crippen molar-refractivity contribution in [3.63, 3.8) is 0 Å². The van der Waals surface area contributed by atoms with Crippen LogP contribution in [0.15, 0.2) is 66.3 Å². The Labute approximate surface area is 389 Å². The van der Waals surface area contributed by atoms with E-state index in [-0.39, 0.29) is 18.8 Å². The number of halogens is 19. The summed E-state index contributed by atoms with van der Waals surface area (Å²) in [5.74, 6) is -60.1. The molecule has 70 heavy (non-hydrogen) atoms. The van der Waals surface area contributed by atoms with Crippen LogP contribution in [0.1, 0.15) is 73.0 Å². The Kier molecular flexibility index (Phi) is 20.0. The van der Waals surface area contributed by atoms with Gasteiger partial charge in [0.15, 0.2) is 8.32 Å². The molecule has 2 aromatic rings. The zero-order valence-corrected chi connectivity index (χ0v) is 39.0. The third kappa shape index (κ3) is 13.0. The highest BCUT2D eigenvalue weighted by molar-refractivity contribution is 6.76. The lowest BCUT2D eigenvalue weighted by Crippen LogP contribution is -2.74. The Morgan fingerprint density at radius 2 is 1.21 bits per heavy atom. The number of allylic oxidation sites excluding steroid dienone is 3. The Hall–Kier alpha value is -4.69. The van der Waals surface area contributed by atoms with Crippen LogP contribution in [0.25, 0.3) is 0 Å². The molecule has 0 heterocycles. The van der Waals surface area contributed by atoms with Gasteiger partial charge in [-0.1, -0.05) is 58.9 Å². The van der Waals surface area contributed by atoms with Gasteiger partial charge < -0.3 is 18.6 Å². The van der Waals surface area contributed by atoms with E-state index in [1.54, 1.807) is 32.9 Å². The lowest BCUT2D eigenvalue weighted by molar-refractivity contribution is -0.461. The van der Waals surface area contributed by atoms with Crippen molar-refractivity contribution in [3.05, 3.63) is 83.5 Å². The number of carbonyl (C=O) groups excluding carboxylic acids is 2. The SMILES string of the molecule is CCOC(=O)/C=C(C)/C=C/C[C@@H](C)[C@H](OC(=O)Nc1ccc(F)cc1F)c1ccc(OCCO[Si](CCC(F)(F)C(F)(F)C(F)(F)C(F)(F)C(F)(F)C(F)(F)C(F)(F)C(F)(F)F)(C(C)C)C(C)C)cc1. The standard InChI is InChI=1S/C43H48F19NO6Si/c1-8-66-33(64)22-26(6)10-9-11-27(7)34(69-35(65)63-32-17-14-29(44)23-31(32)45)28-12-15-30(16-13-28)67-19-20-68-70(24(2)3,25(4)5)21-18-36(46,47)37(48,49)38(50,51)39(52,53)40(54,55)41(56,57)42(58,59)43(60,61)62/h9-10,12-17,22-25,27,34H,8,11,18-21H2,1-7H3,(H,63,65)/b10-9+,26-22+/t27-,34+/m1/s1. The molecule has 27 heteroatoms. The number of amides is 1. The first-order valence-electron chi connectivity index (χ1n) is 20.7. The summed E-state index contributed by atoms with van der Waals surface area (Å²) in [4.78, 5) is 24.7. The van der Waals surface area contributed by atoms with Crippen LogP contribution in [0.2, 0.25) is 17.1 Å². The minimum Gasteiger partial charge on any atom is -0.491 e.